The third-order valence-electron chi connectivity index (χ3n) is 5.51. The van der Waals surface area contributed by atoms with Gasteiger partial charge in [-0.2, -0.15) is 0 Å². The lowest BCUT2D eigenvalue weighted by atomic mass is 9.89. The molecule has 146 valence electrons. The van der Waals surface area contributed by atoms with Crippen LogP contribution in [0.3, 0.4) is 0 Å². The molecule has 1 atom stereocenters. The summed E-state index contributed by atoms with van der Waals surface area (Å²) in [5, 5.41) is 0.596. The number of rotatable bonds is 2. The Morgan fingerprint density at radius 3 is 2.83 bits per heavy atom. The van der Waals surface area contributed by atoms with Gasteiger partial charge in [-0.1, -0.05) is 41.7 Å². The first kappa shape index (κ1) is 19.2. The topological polar surface area (TPSA) is 76.3 Å². The number of pyridine rings is 1. The van der Waals surface area contributed by atoms with Gasteiger partial charge in [-0.05, 0) is 43.5 Å². The fourth-order valence-corrected chi connectivity index (χ4v) is 3.99. The summed E-state index contributed by atoms with van der Waals surface area (Å²) in [5.41, 5.74) is 8.86. The van der Waals surface area contributed by atoms with Crippen molar-refractivity contribution in [3.8, 4) is 23.1 Å². The molecule has 1 fully saturated rings. The fourth-order valence-electron chi connectivity index (χ4n) is 3.75. The van der Waals surface area contributed by atoms with Crippen molar-refractivity contribution in [1.29, 1.82) is 0 Å². The van der Waals surface area contributed by atoms with Crippen LogP contribution < -0.4 is 5.73 Å². The average molecular weight is 406 g/mol. The number of nitrogens with two attached hydrogens (primary N) is 1. The van der Waals surface area contributed by atoms with Crippen LogP contribution in [0, 0.1) is 17.3 Å². The predicted octanol–water partition coefficient (Wildman–Crippen LogP) is 3.20. The third kappa shape index (κ3) is 3.41. The van der Waals surface area contributed by atoms with Crippen LogP contribution in [-0.4, -0.2) is 35.3 Å². The molecule has 0 saturated carbocycles. The van der Waals surface area contributed by atoms with Gasteiger partial charge < -0.3 is 10.6 Å². The first-order chi connectivity index (χ1) is 13.8. The molecule has 6 heteroatoms. The number of likely N-dealkylation sites (tertiary alicyclic amines) is 1. The first-order valence-electron chi connectivity index (χ1n) is 9.37. The molecule has 2 aliphatic rings. The highest BCUT2D eigenvalue weighted by atomic mass is 35.5. The number of halogens is 1. The zero-order valence-electron chi connectivity index (χ0n) is 16.3. The molecule has 1 saturated heterocycles. The lowest BCUT2D eigenvalue weighted by Crippen LogP contribution is -2.28. The number of primary amides is 1. The summed E-state index contributed by atoms with van der Waals surface area (Å²) in [7, 11) is 1.80. The van der Waals surface area contributed by atoms with Crippen LogP contribution >= 0.6 is 11.6 Å². The lowest BCUT2D eigenvalue weighted by Gasteiger charge is -2.14. The zero-order valence-corrected chi connectivity index (χ0v) is 17.0. The van der Waals surface area contributed by atoms with Gasteiger partial charge in [0.25, 0.3) is 5.91 Å². The monoisotopic (exact) mass is 405 g/mol. The second kappa shape index (κ2) is 7.06. The number of amides is 2. The van der Waals surface area contributed by atoms with Gasteiger partial charge in [0.2, 0.25) is 5.91 Å². The van der Waals surface area contributed by atoms with Crippen LogP contribution in [0.1, 0.15) is 40.5 Å². The standard InChI is InChI=1S/C23H20ClN3O2/c1-23(10-11-27(2)22(23)29)9-8-14-4-3-5-15(12-14)19-13-17-16(6-7-18(17)24)20(26-19)21(25)28/h3-5,7,12-13H,6,10-11H2,1-2H3,(H2,25,28)/t23-/m1/s1. The van der Waals surface area contributed by atoms with E-state index in [2.05, 4.69) is 16.8 Å². The Bertz CT molecular complexity index is 1140. The largest absolute Gasteiger partial charge is 0.364 e. The van der Waals surface area contributed by atoms with Crippen LogP contribution in [0.25, 0.3) is 16.3 Å². The van der Waals surface area contributed by atoms with Gasteiger partial charge in [0.15, 0.2) is 0 Å². The van der Waals surface area contributed by atoms with Crippen molar-refractivity contribution in [1.82, 2.24) is 9.88 Å². The van der Waals surface area contributed by atoms with Crippen LogP contribution in [0.2, 0.25) is 0 Å². The molecule has 29 heavy (non-hydrogen) atoms. The van der Waals surface area contributed by atoms with E-state index in [0.29, 0.717) is 30.1 Å². The Balaban J connectivity index is 1.73. The summed E-state index contributed by atoms with van der Waals surface area (Å²) >= 11 is 6.30. The molecule has 2 heterocycles. The minimum Gasteiger partial charge on any atom is -0.364 e. The maximum Gasteiger partial charge on any atom is 0.267 e. The van der Waals surface area contributed by atoms with Crippen molar-refractivity contribution >= 4 is 28.4 Å². The van der Waals surface area contributed by atoms with Crippen LogP contribution in [0.5, 0.6) is 0 Å². The van der Waals surface area contributed by atoms with Crippen molar-refractivity contribution in [2.75, 3.05) is 13.6 Å². The number of hydrogen-bond donors (Lipinski definition) is 1. The highest BCUT2D eigenvalue weighted by Gasteiger charge is 2.39. The summed E-state index contributed by atoms with van der Waals surface area (Å²) < 4.78 is 0. The molecule has 1 aliphatic heterocycles. The van der Waals surface area contributed by atoms with Crippen LogP contribution in [0.15, 0.2) is 36.4 Å². The van der Waals surface area contributed by atoms with E-state index in [4.69, 9.17) is 17.3 Å². The quantitative estimate of drug-likeness (QED) is 0.779. The highest BCUT2D eigenvalue weighted by molar-refractivity contribution is 6.49. The lowest BCUT2D eigenvalue weighted by molar-refractivity contribution is -0.131. The van der Waals surface area contributed by atoms with E-state index in [0.717, 1.165) is 22.3 Å². The summed E-state index contributed by atoms with van der Waals surface area (Å²) in [6.07, 6.45) is 3.11. The summed E-state index contributed by atoms with van der Waals surface area (Å²) in [4.78, 5) is 30.4. The fraction of sp³-hybridized carbons (Fsp3) is 0.261. The molecule has 0 radical (unpaired) electrons. The van der Waals surface area contributed by atoms with Crippen LogP contribution in [-0.2, 0) is 11.2 Å². The Kier molecular flexibility index (Phi) is 4.68. The van der Waals surface area contributed by atoms with Gasteiger partial charge >= 0.3 is 0 Å². The van der Waals surface area contributed by atoms with Gasteiger partial charge in [-0.15, -0.1) is 0 Å². The summed E-state index contributed by atoms with van der Waals surface area (Å²) in [6.45, 7) is 2.60. The zero-order chi connectivity index (χ0) is 20.8. The molecule has 2 amide bonds. The Hall–Kier alpha value is -3.10. The number of nitrogens with zero attached hydrogens (tertiary/aromatic N) is 2. The predicted molar refractivity (Wildman–Crippen MR) is 113 cm³/mol. The molecule has 0 bridgehead atoms. The van der Waals surface area contributed by atoms with E-state index in [-0.39, 0.29) is 11.6 Å². The minimum atomic E-state index is -0.659. The van der Waals surface area contributed by atoms with E-state index >= 15 is 0 Å². The van der Waals surface area contributed by atoms with Crippen molar-refractivity contribution in [3.05, 3.63) is 58.8 Å². The number of carbonyl (C=O) groups is 2. The maximum atomic E-state index is 12.3. The SMILES string of the molecule is CN1CC[C@@](C)(C#Cc2cccc(-c3cc4c(c(C(N)=O)n3)CC=C4Cl)c2)C1=O. The van der Waals surface area contributed by atoms with Gasteiger partial charge in [0.1, 0.15) is 11.1 Å². The van der Waals surface area contributed by atoms with Crippen LogP contribution in [0.4, 0.5) is 0 Å². The molecule has 4 rings (SSSR count). The molecule has 1 aliphatic carbocycles. The van der Waals surface area contributed by atoms with Crippen molar-refractivity contribution in [3.63, 3.8) is 0 Å². The second-order valence-electron chi connectivity index (χ2n) is 7.64. The molecule has 0 unspecified atom stereocenters. The summed E-state index contributed by atoms with van der Waals surface area (Å²) in [5.74, 6) is 5.75. The highest BCUT2D eigenvalue weighted by Crippen LogP contribution is 2.35. The molecule has 2 aromatic rings. The maximum absolute atomic E-state index is 12.3. The summed E-state index contributed by atoms with van der Waals surface area (Å²) in [6, 6.07) is 9.43. The van der Waals surface area contributed by atoms with Gasteiger partial charge in [-0.3, -0.25) is 9.59 Å². The number of hydrogen-bond acceptors (Lipinski definition) is 3. The van der Waals surface area contributed by atoms with E-state index in [9.17, 15) is 9.59 Å². The van der Waals surface area contributed by atoms with Crippen molar-refractivity contribution < 1.29 is 9.59 Å². The normalized spacial score (nSPS) is 20.2. The Morgan fingerprint density at radius 1 is 1.34 bits per heavy atom. The van der Waals surface area contributed by atoms with E-state index < -0.39 is 11.3 Å². The Morgan fingerprint density at radius 2 is 2.14 bits per heavy atom. The number of allylic oxidation sites excluding steroid dienone is 1. The first-order valence-corrected chi connectivity index (χ1v) is 9.75. The molecule has 1 aromatic heterocycles. The minimum absolute atomic E-state index is 0.0500. The van der Waals surface area contributed by atoms with E-state index in [1.165, 1.54) is 0 Å². The molecule has 2 N–H and O–H groups in total. The smallest absolute Gasteiger partial charge is 0.267 e. The molecule has 5 nitrogen and oxygen atoms in total. The number of fused-ring (bicyclic) bond motifs is 1. The van der Waals surface area contributed by atoms with Gasteiger partial charge in [0, 0.05) is 35.3 Å². The molecular formula is C23H20ClN3O2. The molecule has 1 aromatic carbocycles. The van der Waals surface area contributed by atoms with Gasteiger partial charge in [-0.25, -0.2) is 4.98 Å². The average Bonchev–Trinajstić information content (AvgIpc) is 3.21. The van der Waals surface area contributed by atoms with Crippen molar-refractivity contribution in [2.45, 2.75) is 19.8 Å². The van der Waals surface area contributed by atoms with Gasteiger partial charge in [0.05, 0.1) is 5.69 Å². The molecular weight excluding hydrogens is 386 g/mol. The number of carbonyl (C=O) groups excluding carboxylic acids is 2. The Labute approximate surface area is 174 Å². The van der Waals surface area contributed by atoms with E-state index in [1.54, 1.807) is 11.9 Å². The number of aromatic nitrogens is 1. The number of benzene rings is 1. The van der Waals surface area contributed by atoms with E-state index in [1.807, 2.05) is 43.3 Å². The molecule has 0 spiro atoms. The second-order valence-corrected chi connectivity index (χ2v) is 8.05. The van der Waals surface area contributed by atoms with Crippen molar-refractivity contribution in [2.24, 2.45) is 11.1 Å². The third-order valence-corrected chi connectivity index (χ3v) is 5.87.